The molecule has 29 heavy (non-hydrogen) atoms. The van der Waals surface area contributed by atoms with Gasteiger partial charge in [0.2, 0.25) is 0 Å². The maximum atomic E-state index is 7.52. The van der Waals surface area contributed by atoms with Crippen LogP contribution in [0.3, 0.4) is 0 Å². The van der Waals surface area contributed by atoms with Crippen molar-refractivity contribution in [1.29, 1.82) is 0 Å². The first-order valence-corrected chi connectivity index (χ1v) is 10.3. The van der Waals surface area contributed by atoms with E-state index >= 15 is 0 Å². The Morgan fingerprint density at radius 3 is 1.03 bits per heavy atom. The van der Waals surface area contributed by atoms with E-state index in [0.29, 0.717) is 0 Å². The summed E-state index contributed by atoms with van der Waals surface area (Å²) in [5.41, 5.74) is 10.2. The highest BCUT2D eigenvalue weighted by Crippen LogP contribution is 2.48. The van der Waals surface area contributed by atoms with Gasteiger partial charge >= 0.3 is 0 Å². The summed E-state index contributed by atoms with van der Waals surface area (Å²) in [5, 5.41) is 3.58. The first-order valence-electron chi connectivity index (χ1n) is 9.72. The summed E-state index contributed by atoms with van der Waals surface area (Å²) >= 11 is 0. The fourth-order valence-corrected chi connectivity index (χ4v) is 4.84. The minimum atomic E-state index is -0.875. The minimum absolute atomic E-state index is 0.719. The zero-order valence-electron chi connectivity index (χ0n) is 16.2. The normalized spacial score (nSPS) is 11.9. The number of hydrogen-bond acceptors (Lipinski definition) is 2. The average molecular weight is 396 g/mol. The maximum Gasteiger partial charge on any atom is 0.0987 e. The van der Waals surface area contributed by atoms with E-state index in [0.717, 1.165) is 22.3 Å². The van der Waals surface area contributed by atoms with Crippen molar-refractivity contribution >= 4 is 9.39 Å². The van der Waals surface area contributed by atoms with Crippen LogP contribution in [0.1, 0.15) is 22.3 Å². The fourth-order valence-electron chi connectivity index (χ4n) is 4.28. The predicted molar refractivity (Wildman–Crippen MR) is 124 cm³/mol. The predicted octanol–water partition coefficient (Wildman–Crippen LogP) is 5.21. The van der Waals surface area contributed by atoms with E-state index in [2.05, 4.69) is 87.3 Å². The Balaban J connectivity index is 2.13. The smallest absolute Gasteiger partial charge is 0.0987 e. The summed E-state index contributed by atoms with van der Waals surface area (Å²) in [6.07, 6.45) is 0. The van der Waals surface area contributed by atoms with Crippen molar-refractivity contribution in [3.05, 3.63) is 144 Å². The average Bonchev–Trinajstić information content (AvgIpc) is 2.82. The highest BCUT2D eigenvalue weighted by Gasteiger charge is 2.52. The molecule has 1 unspecified atom stereocenters. The van der Waals surface area contributed by atoms with Crippen molar-refractivity contribution in [2.45, 2.75) is 11.1 Å². The third-order valence-corrected chi connectivity index (χ3v) is 6.11. The fraction of sp³-hybridized carbons (Fsp3) is 0.0769. The summed E-state index contributed by atoms with van der Waals surface area (Å²) in [6.45, 7) is 0. The molecule has 0 spiro atoms. The molecule has 144 valence electrons. The van der Waals surface area contributed by atoms with Crippen molar-refractivity contribution in [1.82, 2.24) is 5.09 Å². The molecule has 0 aromatic heterocycles. The zero-order valence-corrected chi connectivity index (χ0v) is 17.4. The van der Waals surface area contributed by atoms with E-state index in [4.69, 9.17) is 5.73 Å². The van der Waals surface area contributed by atoms with Crippen LogP contribution < -0.4 is 10.8 Å². The van der Waals surface area contributed by atoms with Crippen molar-refractivity contribution in [2.24, 2.45) is 5.73 Å². The first-order chi connectivity index (χ1) is 14.2. The second kappa shape index (κ2) is 8.31. The van der Waals surface area contributed by atoms with Gasteiger partial charge in [0.25, 0.3) is 0 Å². The van der Waals surface area contributed by atoms with E-state index in [-0.39, 0.29) is 0 Å². The molecule has 4 aromatic carbocycles. The Morgan fingerprint density at radius 2 is 0.759 bits per heavy atom. The Kier molecular flexibility index (Phi) is 5.60. The van der Waals surface area contributed by atoms with Crippen LogP contribution in [0.25, 0.3) is 0 Å². The van der Waals surface area contributed by atoms with Crippen LogP contribution in [0, 0.1) is 0 Å². The Labute approximate surface area is 175 Å². The molecule has 0 fully saturated rings. The van der Waals surface area contributed by atoms with E-state index in [1.165, 1.54) is 0 Å². The van der Waals surface area contributed by atoms with Gasteiger partial charge in [-0.05, 0) is 22.3 Å². The Bertz CT molecular complexity index is 956. The molecule has 0 bridgehead atoms. The molecule has 2 nitrogen and oxygen atoms in total. The maximum absolute atomic E-state index is 7.52. The van der Waals surface area contributed by atoms with Crippen LogP contribution >= 0.6 is 9.39 Å². The number of benzene rings is 4. The highest BCUT2D eigenvalue weighted by atomic mass is 31.0. The number of hydrogen-bond donors (Lipinski definition) is 2. The molecule has 0 amide bonds. The molecular formula is C26H25N2P. The summed E-state index contributed by atoms with van der Waals surface area (Å²) in [5.74, 6) is 0. The van der Waals surface area contributed by atoms with Gasteiger partial charge in [-0.25, -0.2) is 0 Å². The first kappa shape index (κ1) is 19.5. The third-order valence-electron chi connectivity index (χ3n) is 5.68. The summed E-state index contributed by atoms with van der Waals surface area (Å²) in [6, 6.07) is 41.5. The van der Waals surface area contributed by atoms with Crippen LogP contribution in [0.5, 0.6) is 0 Å². The molecule has 0 aliphatic carbocycles. The largest absolute Gasteiger partial charge is 0.316 e. The molecule has 4 aromatic rings. The summed E-state index contributed by atoms with van der Waals surface area (Å²) in [4.78, 5) is 0. The molecular weight excluding hydrogens is 371 g/mol. The zero-order chi connectivity index (χ0) is 20.2. The minimum Gasteiger partial charge on any atom is -0.316 e. The van der Waals surface area contributed by atoms with Gasteiger partial charge in [0.15, 0.2) is 0 Å². The van der Waals surface area contributed by atoms with Crippen LogP contribution in [0.15, 0.2) is 121 Å². The van der Waals surface area contributed by atoms with Crippen LogP contribution in [0.4, 0.5) is 0 Å². The van der Waals surface area contributed by atoms with Crippen molar-refractivity contribution in [2.75, 3.05) is 0 Å². The van der Waals surface area contributed by atoms with Gasteiger partial charge < -0.3 is 5.73 Å². The molecule has 0 aliphatic heterocycles. The number of rotatable bonds is 6. The summed E-state index contributed by atoms with van der Waals surface area (Å²) in [7, 11) is 2.73. The van der Waals surface area contributed by atoms with Gasteiger partial charge in [-0.15, -0.1) is 0 Å². The SMILES string of the molecule is NC(c1ccccc1)(c1ccccc1)C(NP)(c1ccccc1)c1ccccc1. The van der Waals surface area contributed by atoms with E-state index < -0.39 is 11.1 Å². The molecule has 0 saturated carbocycles. The molecule has 0 heterocycles. The highest BCUT2D eigenvalue weighted by molar-refractivity contribution is 7.13. The van der Waals surface area contributed by atoms with Gasteiger partial charge in [0.05, 0.1) is 11.1 Å². The Morgan fingerprint density at radius 1 is 0.483 bits per heavy atom. The van der Waals surface area contributed by atoms with E-state index in [9.17, 15) is 0 Å². The molecule has 3 N–H and O–H groups in total. The van der Waals surface area contributed by atoms with Crippen LogP contribution in [0.2, 0.25) is 0 Å². The molecule has 0 saturated heterocycles. The molecule has 0 aliphatic rings. The number of nitrogens with one attached hydrogen (secondary N) is 1. The van der Waals surface area contributed by atoms with Crippen LogP contribution in [-0.4, -0.2) is 0 Å². The van der Waals surface area contributed by atoms with Crippen molar-refractivity contribution < 1.29 is 0 Å². The third kappa shape index (κ3) is 3.20. The molecule has 3 heteroatoms. The van der Waals surface area contributed by atoms with Gasteiger partial charge in [-0.3, -0.25) is 5.09 Å². The van der Waals surface area contributed by atoms with Gasteiger partial charge in [0, 0.05) is 0 Å². The van der Waals surface area contributed by atoms with Crippen molar-refractivity contribution in [3.8, 4) is 0 Å². The molecule has 4 rings (SSSR count). The van der Waals surface area contributed by atoms with Gasteiger partial charge in [-0.1, -0.05) is 131 Å². The lowest BCUT2D eigenvalue weighted by Gasteiger charge is -2.50. The van der Waals surface area contributed by atoms with Crippen molar-refractivity contribution in [3.63, 3.8) is 0 Å². The standard InChI is InChI=1S/C26H25N2P/c27-25(21-13-5-1-6-14-21,22-15-7-2-8-16-22)26(28-29,23-17-9-3-10-18-23)24-19-11-4-12-20-24/h1-20,28H,27,29H2. The topological polar surface area (TPSA) is 38.0 Å². The van der Waals surface area contributed by atoms with E-state index in [1.54, 1.807) is 0 Å². The molecule has 1 atom stereocenters. The second-order valence-electron chi connectivity index (χ2n) is 7.17. The molecule has 0 radical (unpaired) electrons. The second-order valence-corrected chi connectivity index (χ2v) is 7.46. The summed E-state index contributed by atoms with van der Waals surface area (Å²) < 4.78 is 0. The lowest BCUT2D eigenvalue weighted by molar-refractivity contribution is 0.300. The monoisotopic (exact) mass is 396 g/mol. The van der Waals surface area contributed by atoms with E-state index in [1.807, 2.05) is 48.5 Å². The van der Waals surface area contributed by atoms with Gasteiger partial charge in [0.1, 0.15) is 0 Å². The number of nitrogens with two attached hydrogens (primary N) is 1. The van der Waals surface area contributed by atoms with Gasteiger partial charge in [-0.2, -0.15) is 0 Å². The quantitative estimate of drug-likeness (QED) is 0.439. The van der Waals surface area contributed by atoms with Crippen LogP contribution in [-0.2, 0) is 11.1 Å². The lowest BCUT2D eigenvalue weighted by atomic mass is 9.63. The Hall–Kier alpha value is -2.77. The lowest BCUT2D eigenvalue weighted by Crippen LogP contribution is -2.62.